The maximum Gasteiger partial charge on any atom is 0.343 e. The lowest BCUT2D eigenvalue weighted by molar-refractivity contribution is 0.0902. The second-order valence-corrected chi connectivity index (χ2v) is 6.19. The fourth-order valence-electron chi connectivity index (χ4n) is 3.01. The highest BCUT2D eigenvalue weighted by Gasteiger charge is 2.24. The van der Waals surface area contributed by atoms with E-state index < -0.39 is 11.9 Å². The lowest BCUT2D eigenvalue weighted by Gasteiger charge is -2.33. The summed E-state index contributed by atoms with van der Waals surface area (Å²) in [5.74, 6) is -0.419. The normalized spacial score (nSPS) is 18.2. The number of aromatic nitrogens is 3. The van der Waals surface area contributed by atoms with Crippen molar-refractivity contribution in [2.75, 3.05) is 19.6 Å². The molecule has 0 unspecified atom stereocenters. The minimum absolute atomic E-state index is 0.129. The first kappa shape index (κ1) is 16.2. The number of halogens is 2. The summed E-state index contributed by atoms with van der Waals surface area (Å²) >= 11 is 5.98. The molecule has 0 aliphatic carbocycles. The van der Waals surface area contributed by atoms with E-state index in [1.54, 1.807) is 4.57 Å². The largest absolute Gasteiger partial charge is 0.387 e. The number of nitrogens with one attached hydrogen (secondary N) is 1. The van der Waals surface area contributed by atoms with Crippen LogP contribution in [0.25, 0.3) is 0 Å². The van der Waals surface area contributed by atoms with Crippen molar-refractivity contribution >= 4 is 11.6 Å². The van der Waals surface area contributed by atoms with Crippen molar-refractivity contribution in [3.63, 3.8) is 0 Å². The highest BCUT2D eigenvalue weighted by Crippen LogP contribution is 2.27. The molecule has 3 rings (SSSR count). The van der Waals surface area contributed by atoms with Crippen molar-refractivity contribution in [2.24, 2.45) is 0 Å². The van der Waals surface area contributed by atoms with Crippen LogP contribution in [0.3, 0.4) is 0 Å². The van der Waals surface area contributed by atoms with Crippen molar-refractivity contribution in [1.82, 2.24) is 19.7 Å². The summed E-state index contributed by atoms with van der Waals surface area (Å²) in [4.78, 5) is 13.7. The minimum Gasteiger partial charge on any atom is -0.387 e. The Bertz CT molecular complexity index is 724. The van der Waals surface area contributed by atoms with Gasteiger partial charge in [-0.15, -0.1) is 0 Å². The van der Waals surface area contributed by atoms with Gasteiger partial charge in [-0.2, -0.15) is 5.10 Å². The fourth-order valence-corrected chi connectivity index (χ4v) is 3.30. The molecule has 1 atom stereocenters. The molecule has 0 radical (unpaired) electrons. The van der Waals surface area contributed by atoms with Crippen LogP contribution in [0, 0.1) is 5.82 Å². The van der Waals surface area contributed by atoms with E-state index in [0.717, 1.165) is 25.9 Å². The van der Waals surface area contributed by atoms with Crippen LogP contribution in [0.15, 0.2) is 29.3 Å². The lowest BCUT2D eigenvalue weighted by Crippen LogP contribution is -2.38. The Kier molecular flexibility index (Phi) is 4.79. The molecule has 0 saturated carbocycles. The number of aromatic amines is 1. The highest BCUT2D eigenvalue weighted by molar-refractivity contribution is 6.31. The maximum atomic E-state index is 13.1. The first-order chi connectivity index (χ1) is 11.0. The molecule has 2 N–H and O–H groups in total. The Hall–Kier alpha value is -1.70. The van der Waals surface area contributed by atoms with Crippen molar-refractivity contribution in [1.29, 1.82) is 0 Å². The number of nitrogens with zero attached hydrogens (tertiary/aromatic N) is 3. The van der Waals surface area contributed by atoms with Gasteiger partial charge in [0.1, 0.15) is 12.1 Å². The van der Waals surface area contributed by atoms with E-state index >= 15 is 0 Å². The van der Waals surface area contributed by atoms with Crippen LogP contribution in [0.2, 0.25) is 5.02 Å². The summed E-state index contributed by atoms with van der Waals surface area (Å²) in [5.41, 5.74) is 0.336. The average Bonchev–Trinajstić information content (AvgIpc) is 2.94. The number of hydrogen-bond acceptors (Lipinski definition) is 4. The van der Waals surface area contributed by atoms with Gasteiger partial charge in [-0.1, -0.05) is 17.7 Å². The molecule has 8 heteroatoms. The first-order valence-electron chi connectivity index (χ1n) is 7.51. The van der Waals surface area contributed by atoms with Crippen LogP contribution in [0.4, 0.5) is 4.39 Å². The molecule has 1 aliphatic heterocycles. The fraction of sp³-hybridized carbons (Fsp3) is 0.467. The van der Waals surface area contributed by atoms with Gasteiger partial charge in [0.05, 0.1) is 6.10 Å². The van der Waals surface area contributed by atoms with Crippen molar-refractivity contribution in [3.05, 3.63) is 51.4 Å². The summed E-state index contributed by atoms with van der Waals surface area (Å²) in [5, 5.41) is 16.7. The SMILES string of the molecule is O=c1[nH]ncn1C1CCN(C[C@@H](O)c2ccc(F)cc2Cl)CC1. The predicted octanol–water partition coefficient (Wildman–Crippen LogP) is 1.73. The molecular weight excluding hydrogens is 323 g/mol. The van der Waals surface area contributed by atoms with Crippen LogP contribution < -0.4 is 5.69 Å². The van der Waals surface area contributed by atoms with Gasteiger partial charge in [-0.3, -0.25) is 4.57 Å². The molecule has 6 nitrogen and oxygen atoms in total. The molecule has 23 heavy (non-hydrogen) atoms. The summed E-state index contributed by atoms with van der Waals surface area (Å²) < 4.78 is 14.7. The minimum atomic E-state index is -0.767. The van der Waals surface area contributed by atoms with Crippen molar-refractivity contribution in [3.8, 4) is 0 Å². The third kappa shape index (κ3) is 3.63. The Balaban J connectivity index is 1.58. The van der Waals surface area contributed by atoms with E-state index in [4.69, 9.17) is 11.6 Å². The van der Waals surface area contributed by atoms with Gasteiger partial charge in [0.15, 0.2) is 0 Å². The predicted molar refractivity (Wildman–Crippen MR) is 83.9 cm³/mol. The second-order valence-electron chi connectivity index (χ2n) is 5.78. The molecular formula is C15H18ClFN4O2. The molecule has 2 heterocycles. The third-order valence-corrected chi connectivity index (χ3v) is 4.61. The van der Waals surface area contributed by atoms with Crippen LogP contribution in [0.1, 0.15) is 30.6 Å². The third-order valence-electron chi connectivity index (χ3n) is 4.28. The monoisotopic (exact) mass is 340 g/mol. The molecule has 0 amide bonds. The summed E-state index contributed by atoms with van der Waals surface area (Å²) in [6.45, 7) is 1.95. The number of aliphatic hydroxyl groups excluding tert-OH is 1. The zero-order valence-electron chi connectivity index (χ0n) is 12.5. The van der Waals surface area contributed by atoms with Gasteiger partial charge >= 0.3 is 5.69 Å². The summed E-state index contributed by atoms with van der Waals surface area (Å²) in [7, 11) is 0. The smallest absolute Gasteiger partial charge is 0.343 e. The Morgan fingerprint density at radius 3 is 2.78 bits per heavy atom. The zero-order chi connectivity index (χ0) is 16.4. The number of aliphatic hydroxyl groups is 1. The van der Waals surface area contributed by atoms with E-state index in [1.807, 2.05) is 0 Å². The Morgan fingerprint density at radius 2 is 2.17 bits per heavy atom. The van der Waals surface area contributed by atoms with Crippen molar-refractivity contribution < 1.29 is 9.50 Å². The molecule has 1 saturated heterocycles. The van der Waals surface area contributed by atoms with Crippen LogP contribution in [-0.2, 0) is 0 Å². The van der Waals surface area contributed by atoms with E-state index in [2.05, 4.69) is 15.1 Å². The Morgan fingerprint density at radius 1 is 1.43 bits per heavy atom. The van der Waals surface area contributed by atoms with E-state index in [1.165, 1.54) is 24.5 Å². The van der Waals surface area contributed by atoms with Gasteiger partial charge < -0.3 is 10.0 Å². The van der Waals surface area contributed by atoms with Crippen LogP contribution >= 0.6 is 11.6 Å². The van der Waals surface area contributed by atoms with Crippen LogP contribution in [0.5, 0.6) is 0 Å². The van der Waals surface area contributed by atoms with E-state index in [-0.39, 0.29) is 16.8 Å². The van der Waals surface area contributed by atoms with Gasteiger partial charge in [0.25, 0.3) is 0 Å². The second kappa shape index (κ2) is 6.82. The van der Waals surface area contributed by atoms with Gasteiger partial charge in [0, 0.05) is 36.3 Å². The van der Waals surface area contributed by atoms with Gasteiger partial charge in [-0.25, -0.2) is 14.3 Å². The quantitative estimate of drug-likeness (QED) is 0.889. The summed E-state index contributed by atoms with van der Waals surface area (Å²) in [6.07, 6.45) is 2.37. The molecule has 1 aromatic carbocycles. The molecule has 0 spiro atoms. The first-order valence-corrected chi connectivity index (χ1v) is 7.89. The zero-order valence-corrected chi connectivity index (χ0v) is 13.2. The lowest BCUT2D eigenvalue weighted by atomic mass is 10.0. The summed E-state index contributed by atoms with van der Waals surface area (Å²) in [6, 6.07) is 4.14. The van der Waals surface area contributed by atoms with E-state index in [9.17, 15) is 14.3 Å². The number of hydrogen-bond donors (Lipinski definition) is 2. The highest BCUT2D eigenvalue weighted by atomic mass is 35.5. The van der Waals surface area contributed by atoms with Gasteiger partial charge in [0.2, 0.25) is 0 Å². The molecule has 124 valence electrons. The Labute approximate surface area is 137 Å². The number of likely N-dealkylation sites (tertiary alicyclic amines) is 1. The topological polar surface area (TPSA) is 74.2 Å². The molecule has 2 aromatic rings. The van der Waals surface area contributed by atoms with Crippen molar-refractivity contribution in [2.45, 2.75) is 25.0 Å². The molecule has 1 aromatic heterocycles. The molecule has 1 fully saturated rings. The number of benzene rings is 1. The number of piperidine rings is 1. The molecule has 0 bridgehead atoms. The number of H-pyrrole nitrogens is 1. The standard InChI is InChI=1S/C15H18ClFN4O2/c16-13-7-10(17)1-2-12(13)14(22)8-20-5-3-11(4-6-20)21-9-18-19-15(21)23/h1-2,7,9,11,14,22H,3-6,8H2,(H,19,23)/t14-/m1/s1. The average molecular weight is 341 g/mol. The van der Waals surface area contributed by atoms with E-state index in [0.29, 0.717) is 12.1 Å². The number of rotatable bonds is 4. The molecule has 1 aliphatic rings. The van der Waals surface area contributed by atoms with Crippen LogP contribution in [-0.4, -0.2) is 44.4 Å². The number of β-amino-alcohol motifs (C(OH)–C–C–N with tert-alkyl or cyclic N) is 1. The maximum absolute atomic E-state index is 13.1. The van der Waals surface area contributed by atoms with Gasteiger partial charge in [-0.05, 0) is 25.0 Å².